The monoisotopic (exact) mass is 327 g/mol. The number of nitrogens with one attached hydrogen (secondary N) is 2. The first-order valence-corrected chi connectivity index (χ1v) is 8.81. The third-order valence-electron chi connectivity index (χ3n) is 3.34. The van der Waals surface area contributed by atoms with Gasteiger partial charge in [0.25, 0.3) is 0 Å². The lowest BCUT2D eigenvalue weighted by molar-refractivity contribution is -0.117. The second kappa shape index (κ2) is 8.26. The molecule has 0 atom stereocenters. The van der Waals surface area contributed by atoms with Gasteiger partial charge in [0.15, 0.2) is 0 Å². The van der Waals surface area contributed by atoms with Crippen LogP contribution in [0.4, 0.5) is 5.69 Å². The van der Waals surface area contributed by atoms with E-state index in [1.54, 1.807) is 19.1 Å². The van der Waals surface area contributed by atoms with E-state index < -0.39 is 10.0 Å². The number of benzene rings is 1. The molecule has 1 aromatic rings. The fourth-order valence-corrected chi connectivity index (χ4v) is 3.02. The van der Waals surface area contributed by atoms with Gasteiger partial charge in [-0.2, -0.15) is 0 Å². The number of likely N-dealkylation sites (N-methyl/N-ethyl adjacent to an activating group) is 1. The van der Waals surface area contributed by atoms with Gasteiger partial charge in [0.05, 0.1) is 11.4 Å². The normalized spacial score (nSPS) is 11.7. The molecule has 0 radical (unpaired) electrons. The lowest BCUT2D eigenvalue weighted by Gasteiger charge is -2.16. The predicted octanol–water partition coefficient (Wildman–Crippen LogP) is 1.57. The highest BCUT2D eigenvalue weighted by Crippen LogP contribution is 2.19. The molecule has 0 aliphatic heterocycles. The number of nitrogens with zero attached hydrogens (tertiary/aromatic N) is 1. The molecule has 0 aromatic heterocycles. The summed E-state index contributed by atoms with van der Waals surface area (Å²) in [7, 11) is -0.280. The van der Waals surface area contributed by atoms with E-state index in [1.807, 2.05) is 11.9 Å². The van der Waals surface area contributed by atoms with Gasteiger partial charge >= 0.3 is 0 Å². The minimum absolute atomic E-state index is 0.157. The maximum absolute atomic E-state index is 12.0. The van der Waals surface area contributed by atoms with Crippen molar-refractivity contribution < 1.29 is 13.2 Å². The highest BCUT2D eigenvalue weighted by molar-refractivity contribution is 7.89. The smallest absolute Gasteiger partial charge is 0.240 e. The molecule has 0 bridgehead atoms. The van der Waals surface area contributed by atoms with Crippen molar-refractivity contribution in [2.75, 3.05) is 32.5 Å². The van der Waals surface area contributed by atoms with Crippen LogP contribution in [0.5, 0.6) is 0 Å². The van der Waals surface area contributed by atoms with E-state index in [2.05, 4.69) is 17.0 Å². The van der Waals surface area contributed by atoms with Gasteiger partial charge in [0.2, 0.25) is 15.9 Å². The molecule has 0 aliphatic carbocycles. The second-order valence-corrected chi connectivity index (χ2v) is 7.18. The fourth-order valence-electron chi connectivity index (χ4n) is 2.03. The van der Waals surface area contributed by atoms with E-state index in [0.717, 1.165) is 19.4 Å². The largest absolute Gasteiger partial charge is 0.325 e. The lowest BCUT2D eigenvalue weighted by Crippen LogP contribution is -2.31. The molecule has 0 heterocycles. The number of unbranched alkanes of at least 4 members (excludes halogenated alkanes) is 1. The molecule has 1 amide bonds. The van der Waals surface area contributed by atoms with Crippen molar-refractivity contribution in [3.05, 3.63) is 23.8 Å². The number of anilines is 1. The standard InChI is InChI=1S/C15H25N3O3S/c1-5-6-9-18(4)11-15(19)17-13-8-7-12(2)14(10-13)22(20,21)16-3/h7-8,10,16H,5-6,9,11H2,1-4H3,(H,17,19). The molecule has 1 aromatic carbocycles. The van der Waals surface area contributed by atoms with E-state index in [9.17, 15) is 13.2 Å². The van der Waals surface area contributed by atoms with Gasteiger partial charge in [0, 0.05) is 5.69 Å². The van der Waals surface area contributed by atoms with Crippen LogP contribution < -0.4 is 10.0 Å². The summed E-state index contributed by atoms with van der Waals surface area (Å²) >= 11 is 0. The van der Waals surface area contributed by atoms with Crippen molar-refractivity contribution in [1.29, 1.82) is 0 Å². The van der Waals surface area contributed by atoms with Gasteiger partial charge in [-0.25, -0.2) is 13.1 Å². The van der Waals surface area contributed by atoms with Crippen LogP contribution in [-0.2, 0) is 14.8 Å². The summed E-state index contributed by atoms with van der Waals surface area (Å²) in [5, 5.41) is 2.74. The zero-order valence-corrected chi connectivity index (χ0v) is 14.5. The first kappa shape index (κ1) is 18.6. The van der Waals surface area contributed by atoms with Gasteiger partial charge in [-0.05, 0) is 51.7 Å². The average Bonchev–Trinajstić information content (AvgIpc) is 2.46. The maximum Gasteiger partial charge on any atom is 0.240 e. The molecule has 124 valence electrons. The Labute approximate surface area is 132 Å². The summed E-state index contributed by atoms with van der Waals surface area (Å²) in [5.41, 5.74) is 1.11. The number of hydrogen-bond donors (Lipinski definition) is 2. The van der Waals surface area contributed by atoms with Crippen molar-refractivity contribution >= 4 is 21.6 Å². The van der Waals surface area contributed by atoms with Crippen molar-refractivity contribution in [1.82, 2.24) is 9.62 Å². The van der Waals surface area contributed by atoms with Gasteiger partial charge in [0.1, 0.15) is 0 Å². The van der Waals surface area contributed by atoms with E-state index in [1.165, 1.54) is 13.1 Å². The molecule has 0 saturated carbocycles. The quantitative estimate of drug-likeness (QED) is 0.760. The Hall–Kier alpha value is -1.44. The van der Waals surface area contributed by atoms with Crippen LogP contribution >= 0.6 is 0 Å². The third-order valence-corrected chi connectivity index (χ3v) is 4.89. The summed E-state index contributed by atoms with van der Waals surface area (Å²) < 4.78 is 26.1. The molecule has 0 spiro atoms. The Morgan fingerprint density at radius 2 is 2.00 bits per heavy atom. The summed E-state index contributed by atoms with van der Waals surface area (Å²) in [6.07, 6.45) is 2.12. The highest BCUT2D eigenvalue weighted by atomic mass is 32.2. The van der Waals surface area contributed by atoms with Gasteiger partial charge in [-0.15, -0.1) is 0 Å². The first-order chi connectivity index (χ1) is 10.3. The highest BCUT2D eigenvalue weighted by Gasteiger charge is 2.16. The van der Waals surface area contributed by atoms with Crippen LogP contribution in [0.3, 0.4) is 0 Å². The van der Waals surface area contributed by atoms with E-state index in [0.29, 0.717) is 11.3 Å². The molecule has 0 unspecified atom stereocenters. The molecular formula is C15H25N3O3S. The molecule has 0 saturated heterocycles. The van der Waals surface area contributed by atoms with Gasteiger partial charge in [-0.3, -0.25) is 9.69 Å². The van der Waals surface area contributed by atoms with Gasteiger partial charge in [-0.1, -0.05) is 19.4 Å². The minimum Gasteiger partial charge on any atom is -0.325 e. The Morgan fingerprint density at radius 1 is 1.32 bits per heavy atom. The van der Waals surface area contributed by atoms with Crippen molar-refractivity contribution in [3.63, 3.8) is 0 Å². The number of carbonyl (C=O) groups excluding carboxylic acids is 1. The molecule has 7 heteroatoms. The zero-order chi connectivity index (χ0) is 16.8. The number of amides is 1. The van der Waals surface area contributed by atoms with Crippen LogP contribution in [0.1, 0.15) is 25.3 Å². The molecule has 2 N–H and O–H groups in total. The third kappa shape index (κ3) is 5.40. The predicted molar refractivity (Wildman–Crippen MR) is 88.5 cm³/mol. The van der Waals surface area contributed by atoms with E-state index in [-0.39, 0.29) is 17.3 Å². The number of hydrogen-bond acceptors (Lipinski definition) is 4. The minimum atomic E-state index is -3.53. The van der Waals surface area contributed by atoms with E-state index in [4.69, 9.17) is 0 Å². The lowest BCUT2D eigenvalue weighted by atomic mass is 10.2. The molecular weight excluding hydrogens is 302 g/mol. The maximum atomic E-state index is 12.0. The van der Waals surface area contributed by atoms with Crippen LogP contribution in [0.2, 0.25) is 0 Å². The summed E-state index contributed by atoms with van der Waals surface area (Å²) in [6, 6.07) is 4.86. The van der Waals surface area contributed by atoms with Crippen molar-refractivity contribution in [2.24, 2.45) is 0 Å². The number of sulfonamides is 1. The number of aryl methyl sites for hydroxylation is 1. The van der Waals surface area contributed by atoms with Crippen LogP contribution in [0.25, 0.3) is 0 Å². The first-order valence-electron chi connectivity index (χ1n) is 7.32. The number of carbonyl (C=O) groups is 1. The number of rotatable bonds is 8. The SMILES string of the molecule is CCCCN(C)CC(=O)Nc1ccc(C)c(S(=O)(=O)NC)c1. The Morgan fingerprint density at radius 3 is 2.59 bits per heavy atom. The Balaban J connectivity index is 2.78. The van der Waals surface area contributed by atoms with Crippen molar-refractivity contribution in [2.45, 2.75) is 31.6 Å². The fraction of sp³-hybridized carbons (Fsp3) is 0.533. The molecule has 0 fully saturated rings. The summed E-state index contributed by atoms with van der Waals surface area (Å²) in [5.74, 6) is -0.157. The van der Waals surface area contributed by atoms with Gasteiger partial charge < -0.3 is 5.32 Å². The Bertz CT molecular complexity index is 614. The van der Waals surface area contributed by atoms with E-state index >= 15 is 0 Å². The topological polar surface area (TPSA) is 78.5 Å². The summed E-state index contributed by atoms with van der Waals surface area (Å²) in [4.78, 5) is 14.1. The van der Waals surface area contributed by atoms with Crippen LogP contribution in [-0.4, -0.2) is 46.4 Å². The zero-order valence-electron chi connectivity index (χ0n) is 13.6. The van der Waals surface area contributed by atoms with Crippen LogP contribution in [0.15, 0.2) is 23.1 Å². The second-order valence-electron chi connectivity index (χ2n) is 5.33. The average molecular weight is 327 g/mol. The molecule has 0 aliphatic rings. The molecule has 1 rings (SSSR count). The molecule has 6 nitrogen and oxygen atoms in total. The van der Waals surface area contributed by atoms with Crippen LogP contribution in [0, 0.1) is 6.92 Å². The Kier molecular flexibility index (Phi) is 6.99. The van der Waals surface area contributed by atoms with Crippen molar-refractivity contribution in [3.8, 4) is 0 Å². The summed E-state index contributed by atoms with van der Waals surface area (Å²) in [6.45, 7) is 4.96. The molecule has 22 heavy (non-hydrogen) atoms.